The van der Waals surface area contributed by atoms with Gasteiger partial charge in [-0.25, -0.2) is 9.37 Å². The summed E-state index contributed by atoms with van der Waals surface area (Å²) in [6.45, 7) is 2.14. The lowest BCUT2D eigenvalue weighted by atomic mass is 10.2. The predicted octanol–water partition coefficient (Wildman–Crippen LogP) is 2.98. The zero-order valence-electron chi connectivity index (χ0n) is 11.5. The third kappa shape index (κ3) is 2.76. The summed E-state index contributed by atoms with van der Waals surface area (Å²) in [5, 5.41) is 3.50. The monoisotopic (exact) mass is 283 g/mol. The lowest BCUT2D eigenvalue weighted by Crippen LogP contribution is -2.14. The first-order valence-electron chi connectivity index (χ1n) is 6.61. The van der Waals surface area contributed by atoms with Crippen LogP contribution in [0.3, 0.4) is 0 Å². The number of hydrogen-bond acceptors (Lipinski definition) is 3. The van der Waals surface area contributed by atoms with Crippen LogP contribution in [0.1, 0.15) is 11.4 Å². The number of aromatic amines is 1. The van der Waals surface area contributed by atoms with Crippen LogP contribution in [-0.4, -0.2) is 9.97 Å². The number of aryl methyl sites for hydroxylation is 1. The molecule has 0 saturated carbocycles. The van der Waals surface area contributed by atoms with E-state index in [0.29, 0.717) is 22.4 Å². The van der Waals surface area contributed by atoms with Crippen molar-refractivity contribution in [2.45, 2.75) is 13.5 Å². The molecule has 21 heavy (non-hydrogen) atoms. The van der Waals surface area contributed by atoms with Crippen molar-refractivity contribution >= 4 is 16.6 Å². The van der Waals surface area contributed by atoms with Crippen LogP contribution in [0.2, 0.25) is 0 Å². The van der Waals surface area contributed by atoms with Gasteiger partial charge in [0.25, 0.3) is 5.56 Å². The van der Waals surface area contributed by atoms with Gasteiger partial charge in [-0.2, -0.15) is 0 Å². The number of halogens is 1. The number of aromatic nitrogens is 2. The minimum absolute atomic E-state index is 0.192. The van der Waals surface area contributed by atoms with Crippen molar-refractivity contribution in [1.82, 2.24) is 9.97 Å². The first-order chi connectivity index (χ1) is 10.1. The fourth-order valence-corrected chi connectivity index (χ4v) is 2.17. The molecule has 1 aromatic heterocycles. The van der Waals surface area contributed by atoms with Crippen molar-refractivity contribution in [3.63, 3.8) is 0 Å². The normalized spacial score (nSPS) is 10.8. The number of nitrogens with zero attached hydrogens (tertiary/aromatic N) is 1. The number of H-pyrrole nitrogens is 1. The number of hydrogen-bond donors (Lipinski definition) is 2. The highest BCUT2D eigenvalue weighted by molar-refractivity contribution is 5.77. The van der Waals surface area contributed by atoms with E-state index in [4.69, 9.17) is 0 Å². The SMILES string of the molecule is Cc1ccc(F)c(NCc2nc3ccccc3c(=O)[nH]2)c1. The van der Waals surface area contributed by atoms with E-state index >= 15 is 0 Å². The van der Waals surface area contributed by atoms with Gasteiger partial charge in [0.15, 0.2) is 0 Å². The molecule has 0 saturated heterocycles. The summed E-state index contributed by atoms with van der Waals surface area (Å²) in [6, 6.07) is 11.9. The smallest absolute Gasteiger partial charge is 0.258 e. The number of nitrogens with one attached hydrogen (secondary N) is 2. The van der Waals surface area contributed by atoms with Crippen LogP contribution >= 0.6 is 0 Å². The molecule has 0 bridgehead atoms. The molecule has 3 aromatic rings. The molecule has 2 aromatic carbocycles. The van der Waals surface area contributed by atoms with Crippen molar-refractivity contribution in [3.8, 4) is 0 Å². The third-order valence-electron chi connectivity index (χ3n) is 3.23. The maximum absolute atomic E-state index is 13.6. The number of para-hydroxylation sites is 1. The van der Waals surface area contributed by atoms with Gasteiger partial charge in [-0.05, 0) is 36.8 Å². The Morgan fingerprint density at radius 1 is 1.24 bits per heavy atom. The Morgan fingerprint density at radius 3 is 2.90 bits per heavy atom. The van der Waals surface area contributed by atoms with Crippen molar-refractivity contribution in [1.29, 1.82) is 0 Å². The maximum Gasteiger partial charge on any atom is 0.258 e. The van der Waals surface area contributed by atoms with Gasteiger partial charge in [0, 0.05) is 0 Å². The molecule has 5 heteroatoms. The standard InChI is InChI=1S/C16H14FN3O/c1-10-6-7-12(17)14(8-10)18-9-15-19-13-5-3-2-4-11(13)16(21)20-15/h2-8,18H,9H2,1H3,(H,19,20,21). The van der Waals surface area contributed by atoms with E-state index in [2.05, 4.69) is 15.3 Å². The van der Waals surface area contributed by atoms with Gasteiger partial charge in [-0.15, -0.1) is 0 Å². The van der Waals surface area contributed by atoms with Crippen LogP contribution in [0.25, 0.3) is 10.9 Å². The number of fused-ring (bicyclic) bond motifs is 1. The molecule has 106 valence electrons. The summed E-state index contributed by atoms with van der Waals surface area (Å²) in [6.07, 6.45) is 0. The minimum Gasteiger partial charge on any atom is -0.375 e. The van der Waals surface area contributed by atoms with Gasteiger partial charge < -0.3 is 10.3 Å². The number of rotatable bonds is 3. The van der Waals surface area contributed by atoms with Gasteiger partial charge >= 0.3 is 0 Å². The van der Waals surface area contributed by atoms with Crippen molar-refractivity contribution in [2.24, 2.45) is 0 Å². The Balaban J connectivity index is 1.88. The second kappa shape index (κ2) is 5.36. The van der Waals surface area contributed by atoms with Gasteiger partial charge in [-0.3, -0.25) is 4.79 Å². The summed E-state index contributed by atoms with van der Waals surface area (Å²) in [7, 11) is 0. The molecule has 4 nitrogen and oxygen atoms in total. The number of anilines is 1. The van der Waals surface area contributed by atoms with Gasteiger partial charge in [0.2, 0.25) is 0 Å². The van der Waals surface area contributed by atoms with Gasteiger partial charge in [-0.1, -0.05) is 18.2 Å². The second-order valence-corrected chi connectivity index (χ2v) is 4.87. The van der Waals surface area contributed by atoms with E-state index in [1.165, 1.54) is 6.07 Å². The third-order valence-corrected chi connectivity index (χ3v) is 3.23. The lowest BCUT2D eigenvalue weighted by molar-refractivity contribution is 0.629. The molecule has 0 aliphatic carbocycles. The molecule has 0 fully saturated rings. The zero-order chi connectivity index (χ0) is 14.8. The Bertz CT molecular complexity index is 858. The highest BCUT2D eigenvalue weighted by atomic mass is 19.1. The molecule has 2 N–H and O–H groups in total. The van der Waals surface area contributed by atoms with Crippen LogP contribution in [0.15, 0.2) is 47.3 Å². The molecule has 0 atom stereocenters. The molecule has 0 radical (unpaired) electrons. The fraction of sp³-hybridized carbons (Fsp3) is 0.125. The average molecular weight is 283 g/mol. The van der Waals surface area contributed by atoms with E-state index in [-0.39, 0.29) is 17.9 Å². The van der Waals surface area contributed by atoms with E-state index in [0.717, 1.165) is 5.56 Å². The van der Waals surface area contributed by atoms with Crippen LogP contribution in [-0.2, 0) is 6.54 Å². The minimum atomic E-state index is -0.330. The maximum atomic E-state index is 13.6. The first-order valence-corrected chi connectivity index (χ1v) is 6.61. The Hall–Kier alpha value is -2.69. The summed E-state index contributed by atoms with van der Waals surface area (Å²) in [4.78, 5) is 19.0. The molecule has 3 rings (SSSR count). The van der Waals surface area contributed by atoms with Crippen molar-refractivity contribution < 1.29 is 4.39 Å². The quantitative estimate of drug-likeness (QED) is 0.777. The Morgan fingerprint density at radius 2 is 2.05 bits per heavy atom. The van der Waals surface area contributed by atoms with Crippen LogP contribution < -0.4 is 10.9 Å². The molecule has 0 unspecified atom stereocenters. The molecule has 1 heterocycles. The van der Waals surface area contributed by atoms with E-state index in [1.807, 2.05) is 13.0 Å². The fourth-order valence-electron chi connectivity index (χ4n) is 2.17. The topological polar surface area (TPSA) is 57.8 Å². The van der Waals surface area contributed by atoms with E-state index < -0.39 is 0 Å². The molecule has 0 aliphatic heterocycles. The zero-order valence-corrected chi connectivity index (χ0v) is 11.5. The summed E-state index contributed by atoms with van der Waals surface area (Å²) in [5.41, 5.74) is 1.79. The molecular weight excluding hydrogens is 269 g/mol. The highest BCUT2D eigenvalue weighted by Crippen LogP contribution is 2.16. The van der Waals surface area contributed by atoms with Crippen LogP contribution in [0, 0.1) is 12.7 Å². The van der Waals surface area contributed by atoms with Crippen LogP contribution in [0.4, 0.5) is 10.1 Å². The first kappa shape index (κ1) is 13.3. The molecule has 0 aliphatic rings. The van der Waals surface area contributed by atoms with E-state index in [1.54, 1.807) is 30.3 Å². The van der Waals surface area contributed by atoms with Crippen molar-refractivity contribution in [2.75, 3.05) is 5.32 Å². The molecule has 0 amide bonds. The van der Waals surface area contributed by atoms with Crippen LogP contribution in [0.5, 0.6) is 0 Å². The summed E-state index contributed by atoms with van der Waals surface area (Å²) < 4.78 is 13.6. The molecule has 0 spiro atoms. The van der Waals surface area contributed by atoms with Gasteiger partial charge in [0.05, 0.1) is 23.1 Å². The average Bonchev–Trinajstić information content (AvgIpc) is 2.48. The Labute approximate surface area is 120 Å². The van der Waals surface area contributed by atoms with Gasteiger partial charge in [0.1, 0.15) is 11.6 Å². The highest BCUT2D eigenvalue weighted by Gasteiger charge is 2.05. The summed E-state index contributed by atoms with van der Waals surface area (Å²) >= 11 is 0. The predicted molar refractivity (Wildman–Crippen MR) is 80.8 cm³/mol. The van der Waals surface area contributed by atoms with E-state index in [9.17, 15) is 9.18 Å². The van der Waals surface area contributed by atoms with Crippen molar-refractivity contribution in [3.05, 3.63) is 70.0 Å². The lowest BCUT2D eigenvalue weighted by Gasteiger charge is -2.08. The Kier molecular flexibility index (Phi) is 3.39. The second-order valence-electron chi connectivity index (χ2n) is 4.87. The molecular formula is C16H14FN3O. The largest absolute Gasteiger partial charge is 0.375 e. The number of benzene rings is 2. The summed E-state index contributed by atoms with van der Waals surface area (Å²) in [5.74, 6) is 0.142.